The molecule has 2 bridgehead atoms. The summed E-state index contributed by atoms with van der Waals surface area (Å²) in [7, 11) is 0. The van der Waals surface area contributed by atoms with Crippen molar-refractivity contribution >= 4 is 17.7 Å². The SMILES string of the molecule is O=C(C[C@@]1(c2ccccc2F)CC(=O)N(C2CCCC2)C1=O)N1C[C@H]2C[C@@H](C1)c1cccc(=O)n1C2. The van der Waals surface area contributed by atoms with Crippen LogP contribution in [0.1, 0.15) is 62.1 Å². The number of likely N-dealkylation sites (tertiary alicyclic amines) is 2. The Bertz CT molecular complexity index is 1300. The molecule has 36 heavy (non-hydrogen) atoms. The molecule has 4 aliphatic rings. The van der Waals surface area contributed by atoms with Crippen LogP contribution in [0.2, 0.25) is 0 Å². The van der Waals surface area contributed by atoms with E-state index in [0.717, 1.165) is 37.8 Å². The molecule has 7 nitrogen and oxygen atoms in total. The van der Waals surface area contributed by atoms with E-state index in [2.05, 4.69) is 0 Å². The molecule has 0 N–H and O–H groups in total. The number of pyridine rings is 1. The third kappa shape index (κ3) is 3.61. The number of amides is 3. The normalized spacial score (nSPS) is 28.0. The quantitative estimate of drug-likeness (QED) is 0.616. The van der Waals surface area contributed by atoms with Gasteiger partial charge in [0.25, 0.3) is 5.56 Å². The van der Waals surface area contributed by atoms with E-state index >= 15 is 4.39 Å². The summed E-state index contributed by atoms with van der Waals surface area (Å²) in [5.41, 5.74) is -0.489. The van der Waals surface area contributed by atoms with Gasteiger partial charge in [0.15, 0.2) is 0 Å². The molecule has 4 heterocycles. The van der Waals surface area contributed by atoms with Crippen molar-refractivity contribution in [3.05, 3.63) is 69.9 Å². The molecule has 3 fully saturated rings. The third-order valence-electron chi connectivity index (χ3n) is 8.71. The van der Waals surface area contributed by atoms with Gasteiger partial charge in [0.1, 0.15) is 5.82 Å². The van der Waals surface area contributed by atoms with Crippen molar-refractivity contribution in [3.63, 3.8) is 0 Å². The van der Waals surface area contributed by atoms with Crippen LogP contribution in [0.3, 0.4) is 0 Å². The maximum absolute atomic E-state index is 15.1. The van der Waals surface area contributed by atoms with E-state index in [9.17, 15) is 19.2 Å². The van der Waals surface area contributed by atoms with Crippen LogP contribution in [-0.2, 0) is 26.3 Å². The van der Waals surface area contributed by atoms with Gasteiger partial charge in [-0.15, -0.1) is 0 Å². The van der Waals surface area contributed by atoms with E-state index in [-0.39, 0.29) is 53.7 Å². The lowest BCUT2D eigenvalue weighted by atomic mass is 9.74. The molecular formula is C28H30FN3O4. The standard InChI is InChI=1S/C28H30FN3O4/c29-22-9-4-3-8-21(22)28(14-26(35)32(27(28)36)20-6-1-2-7-20)13-25(34)30-15-18-12-19(17-30)23-10-5-11-24(33)31(23)16-18/h3-5,8-11,18-20H,1-2,6-7,12-17H2/t18-,19+,28+/m1/s1. The van der Waals surface area contributed by atoms with Crippen molar-refractivity contribution in [2.24, 2.45) is 5.92 Å². The zero-order valence-electron chi connectivity index (χ0n) is 20.2. The predicted octanol–water partition coefficient (Wildman–Crippen LogP) is 2.96. The zero-order chi connectivity index (χ0) is 25.0. The van der Waals surface area contributed by atoms with Crippen molar-refractivity contribution in [2.45, 2.75) is 68.9 Å². The minimum absolute atomic E-state index is 0.0254. The highest BCUT2D eigenvalue weighted by atomic mass is 19.1. The number of aromatic nitrogens is 1. The number of hydrogen-bond donors (Lipinski definition) is 0. The van der Waals surface area contributed by atoms with Gasteiger partial charge in [0.05, 0.1) is 5.41 Å². The smallest absolute Gasteiger partial charge is 0.250 e. The number of hydrogen-bond acceptors (Lipinski definition) is 4. The lowest BCUT2D eigenvalue weighted by Gasteiger charge is -2.43. The Hall–Kier alpha value is -3.29. The van der Waals surface area contributed by atoms with Crippen molar-refractivity contribution < 1.29 is 18.8 Å². The molecule has 1 aromatic heterocycles. The molecule has 188 valence electrons. The van der Waals surface area contributed by atoms with Crippen LogP contribution in [0.5, 0.6) is 0 Å². The Kier molecular flexibility index (Phi) is 5.57. The first-order chi connectivity index (χ1) is 17.4. The van der Waals surface area contributed by atoms with E-state index in [1.54, 1.807) is 39.8 Å². The van der Waals surface area contributed by atoms with E-state index in [1.165, 1.54) is 11.0 Å². The maximum Gasteiger partial charge on any atom is 0.250 e. The Morgan fingerprint density at radius 1 is 0.972 bits per heavy atom. The summed E-state index contributed by atoms with van der Waals surface area (Å²) in [6.07, 6.45) is 3.90. The van der Waals surface area contributed by atoms with Gasteiger partial charge in [0, 0.05) is 61.8 Å². The molecular weight excluding hydrogens is 461 g/mol. The number of rotatable bonds is 4. The Balaban J connectivity index is 1.32. The van der Waals surface area contributed by atoms with Crippen LogP contribution in [0.4, 0.5) is 4.39 Å². The molecule has 2 saturated heterocycles. The summed E-state index contributed by atoms with van der Waals surface area (Å²) in [6.45, 7) is 1.49. The van der Waals surface area contributed by atoms with Gasteiger partial charge in [-0.05, 0) is 37.3 Å². The summed E-state index contributed by atoms with van der Waals surface area (Å²) < 4.78 is 16.9. The van der Waals surface area contributed by atoms with Crippen LogP contribution in [0.25, 0.3) is 0 Å². The molecule has 8 heteroatoms. The van der Waals surface area contributed by atoms with Crippen LogP contribution >= 0.6 is 0 Å². The maximum atomic E-state index is 15.1. The van der Waals surface area contributed by atoms with Gasteiger partial charge in [0.2, 0.25) is 17.7 Å². The number of carbonyl (C=O) groups is 3. The highest BCUT2D eigenvalue weighted by Gasteiger charge is 2.57. The van der Waals surface area contributed by atoms with Gasteiger partial charge in [-0.3, -0.25) is 24.1 Å². The van der Waals surface area contributed by atoms with E-state index in [0.29, 0.717) is 19.6 Å². The lowest BCUT2D eigenvalue weighted by Crippen LogP contribution is -2.51. The van der Waals surface area contributed by atoms with Crippen LogP contribution in [0, 0.1) is 11.7 Å². The molecule has 3 aliphatic heterocycles. The summed E-state index contributed by atoms with van der Waals surface area (Å²) in [4.78, 5) is 56.3. The molecule has 1 aliphatic carbocycles. The van der Waals surface area contributed by atoms with Crippen molar-refractivity contribution in [1.29, 1.82) is 0 Å². The van der Waals surface area contributed by atoms with Gasteiger partial charge >= 0.3 is 0 Å². The molecule has 2 aromatic rings. The highest BCUT2D eigenvalue weighted by Crippen LogP contribution is 2.44. The number of fused-ring (bicyclic) bond motifs is 4. The number of piperidine rings is 1. The van der Waals surface area contributed by atoms with Gasteiger partial charge in [-0.25, -0.2) is 4.39 Å². The fourth-order valence-electron chi connectivity index (χ4n) is 7.06. The number of nitrogens with zero attached hydrogens (tertiary/aromatic N) is 3. The van der Waals surface area contributed by atoms with Gasteiger partial charge in [-0.2, -0.15) is 0 Å². The second-order valence-electron chi connectivity index (χ2n) is 10.9. The molecule has 1 aromatic carbocycles. The molecule has 0 spiro atoms. The summed E-state index contributed by atoms with van der Waals surface area (Å²) in [5, 5.41) is 0. The topological polar surface area (TPSA) is 79.7 Å². The first kappa shape index (κ1) is 23.1. The number of imide groups is 1. The fraction of sp³-hybridized carbons (Fsp3) is 0.500. The number of halogens is 1. The highest BCUT2D eigenvalue weighted by molar-refractivity contribution is 6.11. The molecule has 0 unspecified atom stereocenters. The average molecular weight is 492 g/mol. The minimum atomic E-state index is -1.52. The Morgan fingerprint density at radius 3 is 2.53 bits per heavy atom. The summed E-state index contributed by atoms with van der Waals surface area (Å²) >= 11 is 0. The largest absolute Gasteiger partial charge is 0.342 e. The van der Waals surface area contributed by atoms with Gasteiger partial charge < -0.3 is 9.47 Å². The average Bonchev–Trinajstić information content (AvgIpc) is 3.46. The first-order valence-corrected chi connectivity index (χ1v) is 13.0. The predicted molar refractivity (Wildman–Crippen MR) is 130 cm³/mol. The molecule has 3 amide bonds. The lowest BCUT2D eigenvalue weighted by molar-refractivity contribution is -0.145. The second-order valence-corrected chi connectivity index (χ2v) is 10.9. The zero-order valence-corrected chi connectivity index (χ0v) is 20.2. The van der Waals surface area contributed by atoms with E-state index < -0.39 is 17.1 Å². The number of benzene rings is 1. The molecule has 0 radical (unpaired) electrons. The third-order valence-corrected chi connectivity index (χ3v) is 8.71. The van der Waals surface area contributed by atoms with Crippen molar-refractivity contribution in [2.75, 3.05) is 13.1 Å². The molecule has 6 rings (SSSR count). The second kappa shape index (κ2) is 8.68. The summed E-state index contributed by atoms with van der Waals surface area (Å²) in [5.74, 6) is -1.38. The van der Waals surface area contributed by atoms with Gasteiger partial charge in [-0.1, -0.05) is 37.1 Å². The fourth-order valence-corrected chi connectivity index (χ4v) is 7.06. The molecule has 1 saturated carbocycles. The Labute approximate surface area is 208 Å². The number of carbonyl (C=O) groups excluding carboxylic acids is 3. The Morgan fingerprint density at radius 2 is 1.75 bits per heavy atom. The van der Waals surface area contributed by atoms with Crippen LogP contribution in [0.15, 0.2) is 47.3 Å². The molecule has 3 atom stereocenters. The van der Waals surface area contributed by atoms with Crippen LogP contribution in [-0.4, -0.2) is 51.2 Å². The van der Waals surface area contributed by atoms with E-state index in [4.69, 9.17) is 0 Å². The monoisotopic (exact) mass is 491 g/mol. The van der Waals surface area contributed by atoms with Crippen LogP contribution < -0.4 is 5.56 Å². The minimum Gasteiger partial charge on any atom is -0.342 e. The first-order valence-electron chi connectivity index (χ1n) is 13.0. The van der Waals surface area contributed by atoms with Crippen molar-refractivity contribution in [1.82, 2.24) is 14.4 Å². The summed E-state index contributed by atoms with van der Waals surface area (Å²) in [6, 6.07) is 11.1. The van der Waals surface area contributed by atoms with E-state index in [1.807, 2.05) is 6.07 Å². The van der Waals surface area contributed by atoms with Crippen molar-refractivity contribution in [3.8, 4) is 0 Å².